The molecule has 2 nitrogen and oxygen atoms in total. The molecule has 0 unspecified atom stereocenters. The van der Waals surface area contributed by atoms with E-state index in [0.29, 0.717) is 6.61 Å². The molecule has 2 bridgehead atoms. The van der Waals surface area contributed by atoms with Gasteiger partial charge in [0.1, 0.15) is 0 Å². The molecule has 1 heterocycles. The average molecular weight is 298 g/mol. The van der Waals surface area contributed by atoms with Gasteiger partial charge in [0.25, 0.3) is 0 Å². The first-order valence-corrected chi connectivity index (χ1v) is 8.73. The maximum absolute atomic E-state index is 5.65. The van der Waals surface area contributed by atoms with Crippen LogP contribution >= 0.6 is 0 Å². The molecule has 0 saturated heterocycles. The van der Waals surface area contributed by atoms with Crippen molar-refractivity contribution in [3.05, 3.63) is 41.5 Å². The summed E-state index contributed by atoms with van der Waals surface area (Å²) in [5.41, 5.74) is 2.77. The predicted molar refractivity (Wildman–Crippen MR) is 91.3 cm³/mol. The van der Waals surface area contributed by atoms with Gasteiger partial charge in [-0.3, -0.25) is 0 Å². The van der Waals surface area contributed by atoms with Crippen molar-refractivity contribution in [1.29, 1.82) is 0 Å². The molecule has 0 aliphatic carbocycles. The molecule has 2 heteroatoms. The Morgan fingerprint density at radius 2 is 1.82 bits per heavy atom. The molecule has 0 spiro atoms. The van der Waals surface area contributed by atoms with Crippen LogP contribution in [0.2, 0.25) is 0 Å². The van der Waals surface area contributed by atoms with E-state index in [2.05, 4.69) is 37.3 Å². The summed E-state index contributed by atoms with van der Waals surface area (Å²) >= 11 is 0. The van der Waals surface area contributed by atoms with Gasteiger partial charge in [0.05, 0.1) is 6.61 Å². The molecule has 1 aliphatic heterocycles. The Balaban J connectivity index is 1.77. The van der Waals surface area contributed by atoms with E-state index < -0.39 is 0 Å². The zero-order valence-electron chi connectivity index (χ0n) is 13.6. The van der Waals surface area contributed by atoms with E-state index in [-0.39, 0.29) is 0 Å². The summed E-state index contributed by atoms with van der Waals surface area (Å²) in [6.45, 7) is 2.91. The van der Waals surface area contributed by atoms with Gasteiger partial charge in [0.2, 0.25) is 0 Å². The van der Waals surface area contributed by atoms with Crippen LogP contribution in [0.4, 0.5) is 0 Å². The van der Waals surface area contributed by atoms with Gasteiger partial charge in [-0.1, -0.05) is 69.4 Å². The normalized spacial score (nSPS) is 13.9. The average Bonchev–Trinajstić information content (AvgIpc) is 2.68. The third-order valence-corrected chi connectivity index (χ3v) is 4.57. The highest BCUT2D eigenvalue weighted by Crippen LogP contribution is 2.36. The van der Waals surface area contributed by atoms with Crippen molar-refractivity contribution in [3.8, 4) is 5.75 Å². The molecular formula is C20H26O2. The van der Waals surface area contributed by atoms with Crippen molar-refractivity contribution in [1.82, 2.24) is 0 Å². The Morgan fingerprint density at radius 1 is 1.00 bits per heavy atom. The van der Waals surface area contributed by atoms with Crippen LogP contribution in [0.5, 0.6) is 5.75 Å². The van der Waals surface area contributed by atoms with Crippen molar-refractivity contribution < 1.29 is 9.78 Å². The molecule has 0 saturated carbocycles. The molecule has 1 aliphatic rings. The van der Waals surface area contributed by atoms with E-state index in [1.165, 1.54) is 60.4 Å². The molecule has 22 heavy (non-hydrogen) atoms. The topological polar surface area (TPSA) is 18.5 Å². The van der Waals surface area contributed by atoms with Gasteiger partial charge in [-0.15, -0.1) is 0 Å². The maximum Gasteiger partial charge on any atom is 0.176 e. The first-order chi connectivity index (χ1) is 10.9. The van der Waals surface area contributed by atoms with Crippen LogP contribution in [-0.4, -0.2) is 6.61 Å². The number of rotatable bonds is 7. The van der Waals surface area contributed by atoms with Gasteiger partial charge >= 0.3 is 0 Å². The van der Waals surface area contributed by atoms with E-state index >= 15 is 0 Å². The van der Waals surface area contributed by atoms with Crippen LogP contribution in [0.25, 0.3) is 10.8 Å². The first kappa shape index (κ1) is 15.4. The van der Waals surface area contributed by atoms with Gasteiger partial charge < -0.3 is 4.89 Å². The molecule has 0 radical (unpaired) electrons. The summed E-state index contributed by atoms with van der Waals surface area (Å²) in [4.78, 5) is 11.0. The number of benzene rings is 2. The first-order valence-electron chi connectivity index (χ1n) is 8.73. The quantitative estimate of drug-likeness (QED) is 0.488. The molecule has 3 rings (SSSR count). The number of hydrogen-bond donors (Lipinski definition) is 0. The fourth-order valence-electron chi connectivity index (χ4n) is 3.34. The molecule has 2 aromatic carbocycles. The monoisotopic (exact) mass is 298 g/mol. The molecule has 0 aromatic heterocycles. The van der Waals surface area contributed by atoms with Gasteiger partial charge in [0, 0.05) is 17.4 Å². The molecule has 0 N–H and O–H groups in total. The Hall–Kier alpha value is -1.54. The second kappa shape index (κ2) is 7.64. The summed E-state index contributed by atoms with van der Waals surface area (Å²) in [6.07, 6.45) is 10.00. The van der Waals surface area contributed by atoms with E-state index in [0.717, 1.165) is 18.6 Å². The second-order valence-corrected chi connectivity index (χ2v) is 6.24. The highest BCUT2D eigenvalue weighted by Gasteiger charge is 2.18. The lowest BCUT2D eigenvalue weighted by molar-refractivity contribution is -0.202. The van der Waals surface area contributed by atoms with Gasteiger partial charge in [0.15, 0.2) is 5.75 Å². The minimum Gasteiger partial charge on any atom is -0.337 e. The zero-order chi connectivity index (χ0) is 15.2. The minimum absolute atomic E-state index is 0.642. The standard InChI is InChI=1S/C20H26O2/c1-2-3-4-5-6-7-11-19-17-13-14-21-22-20(19)18-12-9-8-10-16(18)15-17/h8-10,12,15H,2-7,11,13-14H2,1H3. The Kier molecular flexibility index (Phi) is 5.33. The van der Waals surface area contributed by atoms with Crippen LogP contribution in [0, 0.1) is 0 Å². The van der Waals surface area contributed by atoms with Crippen LogP contribution in [0.15, 0.2) is 30.3 Å². The molecule has 0 fully saturated rings. The summed E-state index contributed by atoms with van der Waals surface area (Å²) in [6, 6.07) is 10.8. The van der Waals surface area contributed by atoms with E-state index in [9.17, 15) is 0 Å². The maximum atomic E-state index is 5.65. The summed E-state index contributed by atoms with van der Waals surface area (Å²) in [5, 5.41) is 2.43. The molecular weight excluding hydrogens is 272 g/mol. The lowest BCUT2D eigenvalue weighted by atomic mass is 9.94. The van der Waals surface area contributed by atoms with Crippen molar-refractivity contribution in [2.75, 3.05) is 6.61 Å². The van der Waals surface area contributed by atoms with Crippen molar-refractivity contribution in [2.24, 2.45) is 0 Å². The van der Waals surface area contributed by atoms with Crippen LogP contribution < -0.4 is 4.89 Å². The van der Waals surface area contributed by atoms with Crippen molar-refractivity contribution >= 4 is 10.8 Å². The molecule has 2 aromatic rings. The molecule has 0 amide bonds. The third kappa shape index (κ3) is 3.44. The van der Waals surface area contributed by atoms with Gasteiger partial charge in [-0.2, -0.15) is 4.89 Å². The highest BCUT2D eigenvalue weighted by atomic mass is 17.2. The third-order valence-electron chi connectivity index (χ3n) is 4.57. The Morgan fingerprint density at radius 3 is 2.73 bits per heavy atom. The van der Waals surface area contributed by atoms with E-state index in [1.54, 1.807) is 0 Å². The Bertz CT molecular complexity index is 618. The number of fused-ring (bicyclic) bond motifs is 4. The fraction of sp³-hybridized carbons (Fsp3) is 0.500. The molecule has 118 valence electrons. The number of hydrogen-bond acceptors (Lipinski definition) is 2. The second-order valence-electron chi connectivity index (χ2n) is 6.24. The predicted octanol–water partition coefficient (Wildman–Crippen LogP) is 5.61. The zero-order valence-corrected chi connectivity index (χ0v) is 13.6. The fourth-order valence-corrected chi connectivity index (χ4v) is 3.34. The van der Waals surface area contributed by atoms with Gasteiger partial charge in [-0.05, 0) is 23.8 Å². The van der Waals surface area contributed by atoms with Crippen molar-refractivity contribution in [2.45, 2.75) is 58.3 Å². The SMILES string of the molecule is CCCCCCCCc1c2cc3ccccc3c1OOCC2. The summed E-state index contributed by atoms with van der Waals surface area (Å²) in [5.74, 6) is 0.958. The van der Waals surface area contributed by atoms with E-state index in [4.69, 9.17) is 9.78 Å². The van der Waals surface area contributed by atoms with Crippen molar-refractivity contribution in [3.63, 3.8) is 0 Å². The lowest BCUT2D eigenvalue weighted by Crippen LogP contribution is -1.98. The largest absolute Gasteiger partial charge is 0.337 e. The highest BCUT2D eigenvalue weighted by molar-refractivity contribution is 5.90. The summed E-state index contributed by atoms with van der Waals surface area (Å²) in [7, 11) is 0. The smallest absolute Gasteiger partial charge is 0.176 e. The number of unbranched alkanes of at least 4 members (excludes halogenated alkanes) is 5. The Labute approximate surface area is 133 Å². The van der Waals surface area contributed by atoms with Crippen LogP contribution in [-0.2, 0) is 17.7 Å². The lowest BCUT2D eigenvalue weighted by Gasteiger charge is -2.13. The van der Waals surface area contributed by atoms with Crippen LogP contribution in [0.3, 0.4) is 0 Å². The minimum atomic E-state index is 0.642. The van der Waals surface area contributed by atoms with Gasteiger partial charge in [-0.25, -0.2) is 0 Å². The summed E-state index contributed by atoms with van der Waals surface area (Å²) < 4.78 is 0. The van der Waals surface area contributed by atoms with Crippen LogP contribution in [0.1, 0.15) is 56.6 Å². The molecule has 0 atom stereocenters. The van der Waals surface area contributed by atoms with E-state index in [1.807, 2.05) is 0 Å².